The van der Waals surface area contributed by atoms with Crippen molar-refractivity contribution in [3.8, 4) is 11.8 Å². The van der Waals surface area contributed by atoms with Gasteiger partial charge in [0.1, 0.15) is 11.0 Å². The van der Waals surface area contributed by atoms with E-state index in [0.29, 0.717) is 0 Å². The summed E-state index contributed by atoms with van der Waals surface area (Å²) in [5, 5.41) is 13.4. The van der Waals surface area contributed by atoms with E-state index in [-0.39, 0.29) is 0 Å². The summed E-state index contributed by atoms with van der Waals surface area (Å²) < 4.78 is 52.6. The van der Waals surface area contributed by atoms with Crippen LogP contribution in [0.1, 0.15) is 17.7 Å². The van der Waals surface area contributed by atoms with E-state index in [1.165, 1.54) is 6.07 Å². The molecule has 0 aliphatic carbocycles. The van der Waals surface area contributed by atoms with Gasteiger partial charge in [0.15, 0.2) is 11.4 Å². The topological polar surface area (TPSA) is 106 Å². The summed E-state index contributed by atoms with van der Waals surface area (Å²) in [4.78, 5) is 2.46. The number of nitriles is 1. The van der Waals surface area contributed by atoms with Crippen molar-refractivity contribution in [2.75, 3.05) is 7.11 Å². The van der Waals surface area contributed by atoms with Gasteiger partial charge in [-0.1, -0.05) is 0 Å². The lowest BCUT2D eigenvalue weighted by Gasteiger charge is -2.11. The first-order chi connectivity index (χ1) is 7.82. The van der Waals surface area contributed by atoms with Gasteiger partial charge >= 0.3 is 0 Å². The summed E-state index contributed by atoms with van der Waals surface area (Å²) in [6.45, 7) is 0. The molecule has 0 saturated heterocycles. The number of primary sulfonamides is 1. The van der Waals surface area contributed by atoms with Crippen molar-refractivity contribution in [3.05, 3.63) is 17.5 Å². The fourth-order valence-corrected chi connectivity index (χ4v) is 2.13. The second-order valence-electron chi connectivity index (χ2n) is 2.88. The predicted octanol–water partition coefficient (Wildman–Crippen LogP) is 0.547. The van der Waals surface area contributed by atoms with E-state index in [1.54, 1.807) is 0 Å². The lowest BCUT2D eigenvalue weighted by Crippen LogP contribution is -2.17. The fraction of sp³-hybridized carbons (Fsp3) is 0.250. The Bertz CT molecular complexity index is 580. The third-order valence-electron chi connectivity index (χ3n) is 1.86. The molecule has 0 aliphatic heterocycles. The lowest BCUT2D eigenvalue weighted by atomic mass is 10.2. The predicted molar refractivity (Wildman–Crippen MR) is 51.8 cm³/mol. The van der Waals surface area contributed by atoms with Crippen LogP contribution in [-0.4, -0.2) is 20.5 Å². The smallest absolute Gasteiger partial charge is 0.268 e. The van der Waals surface area contributed by atoms with Gasteiger partial charge < -0.3 is 4.74 Å². The minimum Gasteiger partial charge on any atom is -0.494 e. The van der Waals surface area contributed by atoms with Gasteiger partial charge in [0.05, 0.1) is 18.9 Å². The molecule has 9 heteroatoms. The number of halogens is 2. The Hall–Kier alpha value is -1.79. The molecule has 0 amide bonds. The minimum atomic E-state index is -4.45. The first-order valence-electron chi connectivity index (χ1n) is 4.10. The molecule has 2 N–H and O–H groups in total. The van der Waals surface area contributed by atoms with Crippen LogP contribution in [0.15, 0.2) is 11.1 Å². The monoisotopic (exact) mass is 263 g/mol. The number of ether oxygens (including phenoxy) is 1. The summed E-state index contributed by atoms with van der Waals surface area (Å²) in [6, 6.07) is 1.37. The molecule has 0 fully saturated rings. The van der Waals surface area contributed by atoms with Gasteiger partial charge in [0.25, 0.3) is 6.43 Å². The van der Waals surface area contributed by atoms with E-state index in [9.17, 15) is 17.2 Å². The Morgan fingerprint density at radius 3 is 2.53 bits per heavy atom. The zero-order valence-corrected chi connectivity index (χ0v) is 9.33. The normalized spacial score (nSPS) is 11.3. The summed E-state index contributed by atoms with van der Waals surface area (Å²) in [5.41, 5.74) is -1.75. The number of methoxy groups -OCH3 is 1. The van der Waals surface area contributed by atoms with Crippen molar-refractivity contribution in [3.63, 3.8) is 0 Å². The SMILES string of the molecule is COc1cnc(C#N)c(C(F)F)c1S(N)(=O)=O. The Kier molecular flexibility index (Phi) is 3.59. The van der Waals surface area contributed by atoms with Gasteiger partial charge in [-0.15, -0.1) is 0 Å². The Morgan fingerprint density at radius 2 is 2.18 bits per heavy atom. The lowest BCUT2D eigenvalue weighted by molar-refractivity contribution is 0.146. The minimum absolute atomic E-state index is 0.429. The molecule has 0 saturated carbocycles. The van der Waals surface area contributed by atoms with Crippen molar-refractivity contribution >= 4 is 10.0 Å². The molecule has 0 spiro atoms. The Labute approximate surface area is 95.7 Å². The summed E-state index contributed by atoms with van der Waals surface area (Å²) in [6.07, 6.45) is -2.36. The number of aromatic nitrogens is 1. The van der Waals surface area contributed by atoms with E-state index in [1.807, 2.05) is 0 Å². The highest BCUT2D eigenvalue weighted by Crippen LogP contribution is 2.34. The molecule has 1 aromatic rings. The molecule has 1 rings (SSSR count). The van der Waals surface area contributed by atoms with Crippen molar-refractivity contribution in [2.24, 2.45) is 5.14 Å². The van der Waals surface area contributed by atoms with Crippen LogP contribution in [-0.2, 0) is 10.0 Å². The van der Waals surface area contributed by atoms with Crippen LogP contribution in [0.2, 0.25) is 0 Å². The van der Waals surface area contributed by atoms with E-state index >= 15 is 0 Å². The molecule has 92 valence electrons. The average molecular weight is 263 g/mol. The van der Waals surface area contributed by atoms with Gasteiger partial charge in [-0.05, 0) is 0 Å². The number of alkyl halides is 2. The van der Waals surface area contributed by atoms with Gasteiger partial charge in [0, 0.05) is 0 Å². The largest absolute Gasteiger partial charge is 0.494 e. The molecule has 1 heterocycles. The number of sulfonamides is 1. The van der Waals surface area contributed by atoms with E-state index < -0.39 is 38.4 Å². The van der Waals surface area contributed by atoms with Gasteiger partial charge in [-0.25, -0.2) is 27.3 Å². The molecule has 0 bridgehead atoms. The first kappa shape index (κ1) is 13.3. The molecule has 1 aromatic heterocycles. The third-order valence-corrected chi connectivity index (χ3v) is 2.85. The Morgan fingerprint density at radius 1 is 1.59 bits per heavy atom. The maximum atomic E-state index is 12.8. The molecule has 0 aliphatic rings. The quantitative estimate of drug-likeness (QED) is 0.856. The molecule has 0 aromatic carbocycles. The number of hydrogen-bond donors (Lipinski definition) is 1. The molecule has 0 unspecified atom stereocenters. The highest BCUT2D eigenvalue weighted by molar-refractivity contribution is 7.89. The molecular formula is C8H7F2N3O3S. The number of pyridine rings is 1. The van der Waals surface area contributed by atoms with Crippen LogP contribution in [0.3, 0.4) is 0 Å². The van der Waals surface area contributed by atoms with Crippen molar-refractivity contribution in [2.45, 2.75) is 11.3 Å². The summed E-state index contributed by atoms with van der Waals surface area (Å²) in [5.74, 6) is -0.429. The number of hydrogen-bond acceptors (Lipinski definition) is 5. The van der Waals surface area contributed by atoms with Crippen LogP contribution in [0.25, 0.3) is 0 Å². The maximum absolute atomic E-state index is 12.8. The van der Waals surface area contributed by atoms with E-state index in [2.05, 4.69) is 9.72 Å². The van der Waals surface area contributed by atoms with Gasteiger partial charge in [-0.2, -0.15) is 5.26 Å². The molecule has 6 nitrogen and oxygen atoms in total. The third kappa shape index (κ3) is 2.48. The molecule has 17 heavy (non-hydrogen) atoms. The second kappa shape index (κ2) is 4.60. The van der Waals surface area contributed by atoms with Gasteiger partial charge in [-0.3, -0.25) is 0 Å². The maximum Gasteiger partial charge on any atom is 0.268 e. The fourth-order valence-electron chi connectivity index (χ4n) is 1.22. The Balaban J connectivity index is 3.80. The molecule has 0 atom stereocenters. The van der Waals surface area contributed by atoms with Crippen LogP contribution in [0.4, 0.5) is 8.78 Å². The van der Waals surface area contributed by atoms with Crippen LogP contribution < -0.4 is 9.88 Å². The number of nitrogens with zero attached hydrogens (tertiary/aromatic N) is 2. The second-order valence-corrected chi connectivity index (χ2v) is 4.37. The van der Waals surface area contributed by atoms with E-state index in [4.69, 9.17) is 10.4 Å². The van der Waals surface area contributed by atoms with Gasteiger partial charge in [0.2, 0.25) is 10.0 Å². The van der Waals surface area contributed by atoms with E-state index in [0.717, 1.165) is 13.3 Å². The summed E-state index contributed by atoms with van der Waals surface area (Å²) in [7, 11) is -3.37. The zero-order chi connectivity index (χ0) is 13.2. The molecular weight excluding hydrogens is 256 g/mol. The van der Waals surface area contributed by atoms with Crippen molar-refractivity contribution in [1.29, 1.82) is 5.26 Å². The average Bonchev–Trinajstić information content (AvgIpc) is 2.25. The highest BCUT2D eigenvalue weighted by Gasteiger charge is 2.29. The number of rotatable bonds is 3. The van der Waals surface area contributed by atoms with Crippen LogP contribution in [0, 0.1) is 11.3 Å². The first-order valence-corrected chi connectivity index (χ1v) is 5.65. The van der Waals surface area contributed by atoms with Crippen LogP contribution in [0.5, 0.6) is 5.75 Å². The van der Waals surface area contributed by atoms with Crippen molar-refractivity contribution < 1.29 is 21.9 Å². The van der Waals surface area contributed by atoms with Crippen molar-refractivity contribution in [1.82, 2.24) is 4.98 Å². The van der Waals surface area contributed by atoms with Crippen LogP contribution >= 0.6 is 0 Å². The molecule has 0 radical (unpaired) electrons. The summed E-state index contributed by atoms with van der Waals surface area (Å²) >= 11 is 0. The number of nitrogens with two attached hydrogens (primary N) is 1. The zero-order valence-electron chi connectivity index (χ0n) is 8.52. The highest BCUT2D eigenvalue weighted by atomic mass is 32.2. The standard InChI is InChI=1S/C8H7F2N3O3S/c1-16-5-3-13-4(2-11)6(8(9)10)7(5)17(12,14)15/h3,8H,1H3,(H2,12,14,15).